The zero-order valence-corrected chi connectivity index (χ0v) is 14.5. The molecule has 6 heteroatoms. The van der Waals surface area contributed by atoms with Crippen molar-refractivity contribution in [3.05, 3.63) is 70.6 Å². The molecular formula is C20H19N3O3. The van der Waals surface area contributed by atoms with Crippen LogP contribution in [0.3, 0.4) is 0 Å². The molecule has 1 aliphatic heterocycles. The number of fused-ring (bicyclic) bond motifs is 1. The van der Waals surface area contributed by atoms with Gasteiger partial charge in [-0.25, -0.2) is 4.68 Å². The van der Waals surface area contributed by atoms with Gasteiger partial charge in [-0.2, -0.15) is 5.10 Å². The smallest absolute Gasteiger partial charge is 0.275 e. The average Bonchev–Trinajstić information content (AvgIpc) is 2.63. The van der Waals surface area contributed by atoms with Crippen LogP contribution in [0.5, 0.6) is 5.75 Å². The lowest BCUT2D eigenvalue weighted by Gasteiger charge is -2.41. The first-order valence-electron chi connectivity index (χ1n) is 8.55. The van der Waals surface area contributed by atoms with Crippen LogP contribution in [-0.2, 0) is 11.3 Å². The molecule has 0 spiro atoms. The van der Waals surface area contributed by atoms with E-state index in [0.717, 1.165) is 23.1 Å². The van der Waals surface area contributed by atoms with Crippen molar-refractivity contribution in [3.63, 3.8) is 0 Å². The van der Waals surface area contributed by atoms with Gasteiger partial charge in [-0.3, -0.25) is 9.59 Å². The van der Waals surface area contributed by atoms with Gasteiger partial charge in [0, 0.05) is 11.9 Å². The molecule has 1 aromatic heterocycles. The van der Waals surface area contributed by atoms with Crippen LogP contribution in [0.2, 0.25) is 0 Å². The summed E-state index contributed by atoms with van der Waals surface area (Å²) in [5.41, 5.74) is 0.803. The molecule has 1 aliphatic rings. The number of carbonyl (C=O) groups excluding carboxylic acids is 1. The van der Waals surface area contributed by atoms with Gasteiger partial charge in [0.05, 0.1) is 24.7 Å². The second kappa shape index (κ2) is 6.63. The van der Waals surface area contributed by atoms with Crippen LogP contribution in [0, 0.1) is 0 Å². The minimum Gasteiger partial charge on any atom is -0.497 e. The number of carbonyl (C=O) groups is 1. The molecular weight excluding hydrogens is 330 g/mol. The SMILES string of the molecule is COc1cccc([C@H]2CCN2C(=O)Cn2ncc3ccccc3c2=O)c1. The van der Waals surface area contributed by atoms with Crippen molar-refractivity contribution in [2.45, 2.75) is 19.0 Å². The predicted octanol–water partition coefficient (Wildman–Crippen LogP) is 2.38. The third-order valence-corrected chi connectivity index (χ3v) is 4.87. The maximum Gasteiger partial charge on any atom is 0.275 e. The normalized spacial score (nSPS) is 16.3. The fraction of sp³-hybridized carbons (Fsp3) is 0.250. The Kier molecular flexibility index (Phi) is 4.16. The third kappa shape index (κ3) is 2.83. The number of ether oxygens (including phenoxy) is 1. The Balaban J connectivity index is 1.55. The van der Waals surface area contributed by atoms with E-state index in [2.05, 4.69) is 5.10 Å². The van der Waals surface area contributed by atoms with E-state index in [1.165, 1.54) is 4.68 Å². The maximum absolute atomic E-state index is 12.7. The van der Waals surface area contributed by atoms with Gasteiger partial charge >= 0.3 is 0 Å². The van der Waals surface area contributed by atoms with Gasteiger partial charge in [0.25, 0.3) is 5.56 Å². The second-order valence-electron chi connectivity index (χ2n) is 6.36. The number of benzene rings is 2. The number of hydrogen-bond donors (Lipinski definition) is 0. The largest absolute Gasteiger partial charge is 0.497 e. The van der Waals surface area contributed by atoms with Crippen LogP contribution in [0.25, 0.3) is 10.8 Å². The van der Waals surface area contributed by atoms with E-state index in [4.69, 9.17) is 4.74 Å². The summed E-state index contributed by atoms with van der Waals surface area (Å²) in [4.78, 5) is 27.0. The highest BCUT2D eigenvalue weighted by Gasteiger charge is 2.33. The molecule has 1 saturated heterocycles. The van der Waals surface area contributed by atoms with E-state index >= 15 is 0 Å². The molecule has 0 unspecified atom stereocenters. The summed E-state index contributed by atoms with van der Waals surface area (Å²) in [6.45, 7) is 0.632. The minimum absolute atomic E-state index is 0.0220. The Hall–Kier alpha value is -3.15. The van der Waals surface area contributed by atoms with Crippen molar-refractivity contribution in [3.8, 4) is 5.75 Å². The van der Waals surface area contributed by atoms with Crippen molar-refractivity contribution >= 4 is 16.7 Å². The van der Waals surface area contributed by atoms with Gasteiger partial charge in [-0.15, -0.1) is 0 Å². The fourth-order valence-electron chi connectivity index (χ4n) is 3.34. The van der Waals surface area contributed by atoms with Gasteiger partial charge in [-0.05, 0) is 30.2 Å². The minimum atomic E-state index is -0.241. The zero-order chi connectivity index (χ0) is 18.1. The predicted molar refractivity (Wildman–Crippen MR) is 98.1 cm³/mol. The molecule has 0 saturated carbocycles. The van der Waals surface area contributed by atoms with E-state index < -0.39 is 0 Å². The first kappa shape index (κ1) is 16.3. The monoisotopic (exact) mass is 349 g/mol. The zero-order valence-electron chi connectivity index (χ0n) is 14.5. The molecule has 0 bridgehead atoms. The number of amides is 1. The summed E-state index contributed by atoms with van der Waals surface area (Å²) in [6, 6.07) is 15.0. The molecule has 2 heterocycles. The van der Waals surface area contributed by atoms with Crippen molar-refractivity contribution < 1.29 is 9.53 Å². The molecule has 1 atom stereocenters. The Bertz CT molecular complexity index is 1030. The Morgan fingerprint density at radius 3 is 2.85 bits per heavy atom. The highest BCUT2D eigenvalue weighted by Crippen LogP contribution is 2.34. The van der Waals surface area contributed by atoms with E-state index in [1.54, 1.807) is 24.3 Å². The molecule has 4 rings (SSSR count). The molecule has 0 aliphatic carbocycles. The molecule has 6 nitrogen and oxygen atoms in total. The van der Waals surface area contributed by atoms with Crippen molar-refractivity contribution in [2.24, 2.45) is 0 Å². The Labute approximate surface area is 150 Å². The van der Waals surface area contributed by atoms with Crippen molar-refractivity contribution in [1.82, 2.24) is 14.7 Å². The van der Waals surface area contributed by atoms with Crippen molar-refractivity contribution in [1.29, 1.82) is 0 Å². The highest BCUT2D eigenvalue weighted by atomic mass is 16.5. The lowest BCUT2D eigenvalue weighted by atomic mass is 9.94. The van der Waals surface area contributed by atoms with Gasteiger partial charge in [0.1, 0.15) is 12.3 Å². The van der Waals surface area contributed by atoms with E-state index in [1.807, 2.05) is 42.5 Å². The summed E-state index contributed by atoms with van der Waals surface area (Å²) in [5, 5.41) is 5.50. The molecule has 1 fully saturated rings. The summed E-state index contributed by atoms with van der Waals surface area (Å²) in [6.07, 6.45) is 2.53. The second-order valence-corrected chi connectivity index (χ2v) is 6.36. The maximum atomic E-state index is 12.7. The molecule has 132 valence electrons. The Morgan fingerprint density at radius 2 is 2.08 bits per heavy atom. The van der Waals surface area contributed by atoms with E-state index in [0.29, 0.717) is 11.9 Å². The van der Waals surface area contributed by atoms with Crippen LogP contribution in [0.4, 0.5) is 0 Å². The lowest BCUT2D eigenvalue weighted by Crippen LogP contribution is -2.47. The number of rotatable bonds is 4. The van der Waals surface area contributed by atoms with Gasteiger partial charge in [0.2, 0.25) is 5.91 Å². The van der Waals surface area contributed by atoms with Gasteiger partial charge in [0.15, 0.2) is 0 Å². The quantitative estimate of drug-likeness (QED) is 0.725. The van der Waals surface area contributed by atoms with Crippen LogP contribution in [0.15, 0.2) is 59.5 Å². The highest BCUT2D eigenvalue weighted by molar-refractivity contribution is 5.81. The molecule has 26 heavy (non-hydrogen) atoms. The molecule has 1 amide bonds. The third-order valence-electron chi connectivity index (χ3n) is 4.87. The van der Waals surface area contributed by atoms with Crippen LogP contribution >= 0.6 is 0 Å². The average molecular weight is 349 g/mol. The standard InChI is InChI=1S/C20H19N3O3/c1-26-16-7-4-6-14(11-16)18-9-10-22(18)19(24)13-23-20(25)17-8-3-2-5-15(17)12-21-23/h2-8,11-12,18H,9-10,13H2,1H3/t18-/m1/s1. The van der Waals surface area contributed by atoms with Crippen molar-refractivity contribution in [2.75, 3.05) is 13.7 Å². The Morgan fingerprint density at radius 1 is 1.23 bits per heavy atom. The first-order chi connectivity index (χ1) is 12.7. The molecule has 0 N–H and O–H groups in total. The van der Waals surface area contributed by atoms with Crippen LogP contribution in [-0.4, -0.2) is 34.2 Å². The summed E-state index contributed by atoms with van der Waals surface area (Å²) >= 11 is 0. The van der Waals surface area contributed by atoms with Crippen LogP contribution in [0.1, 0.15) is 18.0 Å². The number of aromatic nitrogens is 2. The van der Waals surface area contributed by atoms with Gasteiger partial charge < -0.3 is 9.64 Å². The number of hydrogen-bond acceptors (Lipinski definition) is 4. The van der Waals surface area contributed by atoms with Gasteiger partial charge in [-0.1, -0.05) is 30.3 Å². The first-order valence-corrected chi connectivity index (χ1v) is 8.55. The van der Waals surface area contributed by atoms with E-state index in [-0.39, 0.29) is 24.1 Å². The topological polar surface area (TPSA) is 64.4 Å². The summed E-state index contributed by atoms with van der Waals surface area (Å²) < 4.78 is 6.50. The number of nitrogens with zero attached hydrogens (tertiary/aromatic N) is 3. The number of likely N-dealkylation sites (tertiary alicyclic amines) is 1. The van der Waals surface area contributed by atoms with Crippen LogP contribution < -0.4 is 10.3 Å². The molecule has 3 aromatic rings. The van der Waals surface area contributed by atoms with E-state index in [9.17, 15) is 9.59 Å². The number of methoxy groups -OCH3 is 1. The summed E-state index contributed by atoms with van der Waals surface area (Å²) in [5.74, 6) is 0.670. The fourth-order valence-corrected chi connectivity index (χ4v) is 3.34. The summed E-state index contributed by atoms with van der Waals surface area (Å²) in [7, 11) is 1.63. The molecule has 0 radical (unpaired) electrons. The molecule has 2 aromatic carbocycles. The lowest BCUT2D eigenvalue weighted by molar-refractivity contribution is -0.140.